The van der Waals surface area contributed by atoms with Gasteiger partial charge in [0.15, 0.2) is 0 Å². The van der Waals surface area contributed by atoms with E-state index in [9.17, 15) is 9.47 Å². The second-order valence-electron chi connectivity index (χ2n) is 1.39. The van der Waals surface area contributed by atoms with Crippen LogP contribution < -0.4 is 0 Å². The van der Waals surface area contributed by atoms with Crippen LogP contribution in [0.15, 0.2) is 4.95 Å². The van der Waals surface area contributed by atoms with E-state index in [2.05, 4.69) is 14.0 Å². The monoisotopic (exact) mass is 167 g/mol. The van der Waals surface area contributed by atoms with E-state index >= 15 is 0 Å². The maximum Gasteiger partial charge on any atom is 0.489 e. The standard InChI is InChI=1S/C4H10NO4P/c1-3-8-10(7,5-6)9-4-2/h3-4H2,1-2H3. The van der Waals surface area contributed by atoms with Crippen molar-refractivity contribution in [2.45, 2.75) is 13.8 Å². The van der Waals surface area contributed by atoms with Crippen molar-refractivity contribution in [3.05, 3.63) is 4.91 Å². The normalized spacial score (nSPS) is 11.4. The molecule has 0 N–H and O–H groups in total. The third kappa shape index (κ3) is 3.06. The largest absolute Gasteiger partial charge is 0.489 e. The Balaban J connectivity index is 3.95. The molecule has 0 aliphatic heterocycles. The lowest BCUT2D eigenvalue weighted by atomic mass is 10.9. The fourth-order valence-corrected chi connectivity index (χ4v) is 1.23. The lowest BCUT2D eigenvalue weighted by molar-refractivity contribution is 0.221. The van der Waals surface area contributed by atoms with Crippen LogP contribution in [0.2, 0.25) is 0 Å². The number of hydrogen-bond acceptors (Lipinski definition) is 4. The highest BCUT2D eigenvalue weighted by Gasteiger charge is 2.23. The molecule has 0 saturated carbocycles. The highest BCUT2D eigenvalue weighted by Crippen LogP contribution is 2.48. The molecule has 0 atom stereocenters. The van der Waals surface area contributed by atoms with Crippen LogP contribution in [0.5, 0.6) is 0 Å². The van der Waals surface area contributed by atoms with Crippen LogP contribution in [0.1, 0.15) is 13.8 Å². The summed E-state index contributed by atoms with van der Waals surface area (Å²) in [6, 6.07) is 0. The van der Waals surface area contributed by atoms with E-state index in [1.165, 1.54) is 0 Å². The average molecular weight is 167 g/mol. The Morgan fingerprint density at radius 2 is 1.70 bits per heavy atom. The third-order valence-corrected chi connectivity index (χ3v) is 2.05. The Labute approximate surface area is 59.3 Å². The van der Waals surface area contributed by atoms with E-state index in [4.69, 9.17) is 0 Å². The smallest absolute Gasteiger partial charge is 0.289 e. The summed E-state index contributed by atoms with van der Waals surface area (Å²) in [6.45, 7) is 3.53. The average Bonchev–Trinajstić information content (AvgIpc) is 1.89. The van der Waals surface area contributed by atoms with E-state index in [0.29, 0.717) is 0 Å². The first-order chi connectivity index (χ1) is 4.68. The van der Waals surface area contributed by atoms with Gasteiger partial charge in [-0.3, -0.25) is 9.05 Å². The quantitative estimate of drug-likeness (QED) is 0.463. The fraction of sp³-hybridized carbons (Fsp3) is 1.00. The molecule has 0 aromatic heterocycles. The highest BCUT2D eigenvalue weighted by molar-refractivity contribution is 7.52. The molecule has 60 valence electrons. The molecule has 0 saturated heterocycles. The summed E-state index contributed by atoms with van der Waals surface area (Å²) in [5, 5.41) is 0. The van der Waals surface area contributed by atoms with Crippen molar-refractivity contribution >= 4 is 7.75 Å². The summed E-state index contributed by atoms with van der Waals surface area (Å²) in [6.07, 6.45) is 0. The zero-order chi connectivity index (χ0) is 8.04. The predicted octanol–water partition coefficient (Wildman–Crippen LogP) is 1.93. The van der Waals surface area contributed by atoms with Gasteiger partial charge in [0, 0.05) is 4.95 Å². The molecule has 0 aromatic carbocycles. The third-order valence-electron chi connectivity index (χ3n) is 0.684. The van der Waals surface area contributed by atoms with E-state index in [1.807, 2.05) is 0 Å². The van der Waals surface area contributed by atoms with Crippen LogP contribution in [0.4, 0.5) is 0 Å². The second-order valence-corrected chi connectivity index (χ2v) is 3.00. The van der Waals surface area contributed by atoms with Crippen molar-refractivity contribution in [3.8, 4) is 0 Å². The minimum absolute atomic E-state index is 0.156. The Bertz CT molecular complexity index is 138. The molecular formula is C4H10NO4P. The van der Waals surface area contributed by atoms with Gasteiger partial charge in [0.05, 0.1) is 13.2 Å². The molecule has 6 heteroatoms. The zero-order valence-corrected chi connectivity index (χ0v) is 6.84. The van der Waals surface area contributed by atoms with Crippen LogP contribution in [-0.4, -0.2) is 13.2 Å². The van der Waals surface area contributed by atoms with Crippen LogP contribution in [0.25, 0.3) is 0 Å². The number of hydrogen-bond donors (Lipinski definition) is 0. The van der Waals surface area contributed by atoms with Gasteiger partial charge >= 0.3 is 7.75 Å². The van der Waals surface area contributed by atoms with E-state index < -0.39 is 7.75 Å². The first-order valence-corrected chi connectivity index (χ1v) is 4.42. The molecule has 0 heterocycles. The Morgan fingerprint density at radius 3 is 1.90 bits per heavy atom. The molecule has 0 amide bonds. The summed E-state index contributed by atoms with van der Waals surface area (Å²) < 4.78 is 19.8. The van der Waals surface area contributed by atoms with Gasteiger partial charge in [-0.15, -0.1) is 4.91 Å². The first kappa shape index (κ1) is 9.75. The predicted molar refractivity (Wildman–Crippen MR) is 36.7 cm³/mol. The van der Waals surface area contributed by atoms with E-state index in [1.54, 1.807) is 13.8 Å². The van der Waals surface area contributed by atoms with Crippen molar-refractivity contribution in [3.63, 3.8) is 0 Å². The van der Waals surface area contributed by atoms with E-state index in [0.717, 1.165) is 0 Å². The summed E-state index contributed by atoms with van der Waals surface area (Å²) in [4.78, 5) is 12.1. The van der Waals surface area contributed by atoms with Gasteiger partial charge in [0.1, 0.15) is 0 Å². The van der Waals surface area contributed by atoms with Crippen LogP contribution in [-0.2, 0) is 13.6 Å². The lowest BCUT2D eigenvalue weighted by Crippen LogP contribution is -1.91. The summed E-state index contributed by atoms with van der Waals surface area (Å²) in [5.74, 6) is 0. The minimum Gasteiger partial charge on any atom is -0.289 e. The molecule has 0 aromatic rings. The number of rotatable bonds is 5. The molecule has 5 nitrogen and oxygen atoms in total. The fourth-order valence-electron chi connectivity index (χ4n) is 0.411. The van der Waals surface area contributed by atoms with Crippen molar-refractivity contribution in [1.29, 1.82) is 0 Å². The minimum atomic E-state index is -3.63. The van der Waals surface area contributed by atoms with Gasteiger partial charge < -0.3 is 0 Å². The van der Waals surface area contributed by atoms with Gasteiger partial charge in [-0.2, -0.15) is 0 Å². The van der Waals surface area contributed by atoms with Gasteiger partial charge in [0.25, 0.3) is 0 Å². The van der Waals surface area contributed by atoms with Gasteiger partial charge in [-0.05, 0) is 13.8 Å². The second kappa shape index (κ2) is 4.55. The summed E-state index contributed by atoms with van der Waals surface area (Å²) >= 11 is 0. The van der Waals surface area contributed by atoms with Crippen molar-refractivity contribution in [2.75, 3.05) is 13.2 Å². The van der Waals surface area contributed by atoms with Crippen LogP contribution >= 0.6 is 7.75 Å². The molecule has 0 unspecified atom stereocenters. The topological polar surface area (TPSA) is 65.0 Å². The maximum absolute atomic E-state index is 10.9. The molecular weight excluding hydrogens is 157 g/mol. The highest BCUT2D eigenvalue weighted by atomic mass is 31.2. The number of nitrogens with zero attached hydrogens (tertiary/aromatic N) is 1. The summed E-state index contributed by atoms with van der Waals surface area (Å²) in [5.41, 5.74) is 0. The molecule has 0 aliphatic carbocycles. The first-order valence-electron chi connectivity index (χ1n) is 2.92. The van der Waals surface area contributed by atoms with Gasteiger partial charge in [-0.1, -0.05) is 0 Å². The Kier molecular flexibility index (Phi) is 4.43. The van der Waals surface area contributed by atoms with Crippen molar-refractivity contribution in [2.24, 2.45) is 4.95 Å². The molecule has 0 aliphatic rings. The SMILES string of the molecule is CCOP(=O)(N=O)OCC. The van der Waals surface area contributed by atoms with Crippen LogP contribution in [0.3, 0.4) is 0 Å². The molecule has 0 bridgehead atoms. The molecule has 10 heavy (non-hydrogen) atoms. The molecule has 0 radical (unpaired) electrons. The van der Waals surface area contributed by atoms with E-state index in [-0.39, 0.29) is 13.2 Å². The summed E-state index contributed by atoms with van der Waals surface area (Å²) in [7, 11) is -3.63. The molecule has 0 spiro atoms. The molecule has 0 rings (SSSR count). The van der Waals surface area contributed by atoms with Gasteiger partial charge in [-0.25, -0.2) is 4.57 Å². The number of nitroso groups, excluding NO2 is 1. The zero-order valence-electron chi connectivity index (χ0n) is 5.94. The maximum atomic E-state index is 10.9. The van der Waals surface area contributed by atoms with Gasteiger partial charge in [0.2, 0.25) is 0 Å². The van der Waals surface area contributed by atoms with Crippen LogP contribution in [0, 0.1) is 4.91 Å². The lowest BCUT2D eigenvalue weighted by Gasteiger charge is -2.06. The Hall–Kier alpha value is -0.250. The Morgan fingerprint density at radius 1 is 1.30 bits per heavy atom. The molecule has 0 fully saturated rings. The van der Waals surface area contributed by atoms with Crippen molar-refractivity contribution < 1.29 is 13.6 Å². The van der Waals surface area contributed by atoms with Crippen molar-refractivity contribution in [1.82, 2.24) is 0 Å².